The normalized spacial score (nSPS) is 25.1. The van der Waals surface area contributed by atoms with Crippen molar-refractivity contribution < 1.29 is 18.3 Å². The third-order valence-corrected chi connectivity index (χ3v) is 5.76. The summed E-state index contributed by atoms with van der Waals surface area (Å²) in [5.74, 6) is -0.746. The SMILES string of the molecule is O[C@@H]1C[C@H]1NC(=S)Nc1cnn2ccc(N3C[C@H](F)C[C@@H]3c3cc(F)ccc3F)nc12. The molecular formula is C20H19F3N6OS. The van der Waals surface area contributed by atoms with Crippen LogP contribution in [0.15, 0.2) is 36.7 Å². The lowest BCUT2D eigenvalue weighted by Crippen LogP contribution is -2.32. The molecule has 3 aromatic rings. The number of hydrogen-bond donors (Lipinski definition) is 3. The highest BCUT2D eigenvalue weighted by Gasteiger charge is 2.37. The Kier molecular flexibility index (Phi) is 4.94. The molecule has 1 aliphatic carbocycles. The molecule has 2 aromatic heterocycles. The predicted octanol–water partition coefficient (Wildman–Crippen LogP) is 2.72. The average molecular weight is 448 g/mol. The zero-order chi connectivity index (χ0) is 21.7. The van der Waals surface area contributed by atoms with Crippen molar-refractivity contribution in [2.75, 3.05) is 16.8 Å². The van der Waals surface area contributed by atoms with Crippen LogP contribution in [0.4, 0.5) is 24.7 Å². The Balaban J connectivity index is 1.44. The highest BCUT2D eigenvalue weighted by Crippen LogP contribution is 2.38. The van der Waals surface area contributed by atoms with Crippen LogP contribution in [0.2, 0.25) is 0 Å². The van der Waals surface area contributed by atoms with Crippen LogP contribution in [-0.4, -0.2) is 49.7 Å². The van der Waals surface area contributed by atoms with Gasteiger partial charge in [0.05, 0.1) is 30.9 Å². The molecule has 0 spiro atoms. The molecule has 1 saturated carbocycles. The number of benzene rings is 1. The van der Waals surface area contributed by atoms with Gasteiger partial charge in [-0.05, 0) is 42.9 Å². The zero-order valence-corrected chi connectivity index (χ0v) is 17.0. The number of fused-ring (bicyclic) bond motifs is 1. The van der Waals surface area contributed by atoms with Gasteiger partial charge >= 0.3 is 0 Å². The number of aliphatic hydroxyl groups excluding tert-OH is 1. The number of rotatable bonds is 4. The van der Waals surface area contributed by atoms with E-state index in [4.69, 9.17) is 12.2 Å². The van der Waals surface area contributed by atoms with E-state index in [0.717, 1.165) is 18.2 Å². The highest BCUT2D eigenvalue weighted by molar-refractivity contribution is 7.80. The van der Waals surface area contributed by atoms with E-state index in [-0.39, 0.29) is 24.6 Å². The Morgan fingerprint density at radius 1 is 1.23 bits per heavy atom. The quantitative estimate of drug-likeness (QED) is 0.530. The molecule has 1 aliphatic heterocycles. The van der Waals surface area contributed by atoms with Crippen molar-refractivity contribution in [3.63, 3.8) is 0 Å². The second kappa shape index (κ2) is 7.65. The maximum absolute atomic E-state index is 14.4. The first kappa shape index (κ1) is 20.0. The minimum Gasteiger partial charge on any atom is -0.391 e. The number of aromatic nitrogens is 3. The zero-order valence-electron chi connectivity index (χ0n) is 16.2. The molecule has 0 radical (unpaired) electrons. The molecule has 0 bridgehead atoms. The van der Waals surface area contributed by atoms with Crippen molar-refractivity contribution in [2.24, 2.45) is 0 Å². The standard InChI is InChI=1S/C20H19F3N6OS/c21-10-1-2-13(23)12(5-10)16-6-11(22)9-28(16)18-3-4-29-19(27-18)15(8-24-29)26-20(31)25-14-7-17(14)30/h1-5,8,11,14,16-17,30H,6-7,9H2,(H2,25,26,31)/t11-,14-,16-,17-/m1/s1. The first-order valence-electron chi connectivity index (χ1n) is 9.84. The minimum atomic E-state index is -1.20. The van der Waals surface area contributed by atoms with Crippen LogP contribution in [0.1, 0.15) is 24.4 Å². The van der Waals surface area contributed by atoms with Gasteiger partial charge in [0.25, 0.3) is 0 Å². The molecule has 1 saturated heterocycles. The van der Waals surface area contributed by atoms with Crippen LogP contribution in [0, 0.1) is 11.6 Å². The van der Waals surface area contributed by atoms with E-state index in [0.29, 0.717) is 28.7 Å². The molecule has 1 aromatic carbocycles. The largest absolute Gasteiger partial charge is 0.391 e. The van der Waals surface area contributed by atoms with Crippen molar-refractivity contribution in [1.82, 2.24) is 19.9 Å². The van der Waals surface area contributed by atoms with E-state index in [1.807, 2.05) is 0 Å². The maximum atomic E-state index is 14.4. The summed E-state index contributed by atoms with van der Waals surface area (Å²) in [5, 5.41) is 20.0. The number of anilines is 2. The van der Waals surface area contributed by atoms with E-state index < -0.39 is 30.0 Å². The lowest BCUT2D eigenvalue weighted by Gasteiger charge is -2.26. The molecule has 162 valence electrons. The summed E-state index contributed by atoms with van der Waals surface area (Å²) in [5.41, 5.74) is 1.07. The van der Waals surface area contributed by atoms with Gasteiger partial charge in [0.15, 0.2) is 10.8 Å². The van der Waals surface area contributed by atoms with Crippen LogP contribution in [-0.2, 0) is 0 Å². The molecule has 0 amide bonds. The fraction of sp³-hybridized carbons (Fsp3) is 0.350. The summed E-state index contributed by atoms with van der Waals surface area (Å²) in [6.07, 6.45) is 2.28. The molecule has 4 atom stereocenters. The van der Waals surface area contributed by atoms with Gasteiger partial charge in [-0.25, -0.2) is 22.7 Å². The lowest BCUT2D eigenvalue weighted by atomic mass is 10.0. The third kappa shape index (κ3) is 3.90. The van der Waals surface area contributed by atoms with E-state index in [9.17, 15) is 18.3 Å². The van der Waals surface area contributed by atoms with Crippen LogP contribution in [0.25, 0.3) is 5.65 Å². The number of halogens is 3. The number of thiocarbonyl (C=S) groups is 1. The monoisotopic (exact) mass is 448 g/mol. The van der Waals surface area contributed by atoms with Crippen LogP contribution in [0.5, 0.6) is 0 Å². The van der Waals surface area contributed by atoms with Crippen molar-refractivity contribution in [2.45, 2.75) is 37.2 Å². The predicted molar refractivity (Wildman–Crippen MR) is 113 cm³/mol. The van der Waals surface area contributed by atoms with E-state index in [2.05, 4.69) is 20.7 Å². The number of aliphatic hydroxyl groups is 1. The second-order valence-corrected chi connectivity index (χ2v) is 8.20. The van der Waals surface area contributed by atoms with Crippen molar-refractivity contribution >= 4 is 34.5 Å². The summed E-state index contributed by atoms with van der Waals surface area (Å²) < 4.78 is 44.0. The molecule has 31 heavy (non-hydrogen) atoms. The Morgan fingerprint density at radius 2 is 2.03 bits per heavy atom. The van der Waals surface area contributed by atoms with Gasteiger partial charge in [-0.2, -0.15) is 5.10 Å². The summed E-state index contributed by atoms with van der Waals surface area (Å²) in [7, 11) is 0. The number of alkyl halides is 1. The van der Waals surface area contributed by atoms with E-state index >= 15 is 0 Å². The van der Waals surface area contributed by atoms with Crippen molar-refractivity contribution in [3.05, 3.63) is 53.9 Å². The molecule has 5 rings (SSSR count). The van der Waals surface area contributed by atoms with Crippen molar-refractivity contribution in [3.8, 4) is 0 Å². The molecule has 7 nitrogen and oxygen atoms in total. The summed E-state index contributed by atoms with van der Waals surface area (Å²) >= 11 is 5.26. The molecule has 11 heteroatoms. The summed E-state index contributed by atoms with van der Waals surface area (Å²) in [6.45, 7) is 0.0141. The van der Waals surface area contributed by atoms with Crippen LogP contribution >= 0.6 is 12.2 Å². The third-order valence-electron chi connectivity index (χ3n) is 5.54. The molecule has 3 N–H and O–H groups in total. The van der Waals surface area contributed by atoms with Gasteiger partial charge in [0, 0.05) is 18.2 Å². The van der Waals surface area contributed by atoms with Gasteiger partial charge in [0.1, 0.15) is 29.3 Å². The number of nitrogens with one attached hydrogen (secondary N) is 2. The van der Waals surface area contributed by atoms with Crippen LogP contribution < -0.4 is 15.5 Å². The van der Waals surface area contributed by atoms with E-state index in [1.54, 1.807) is 23.4 Å². The van der Waals surface area contributed by atoms with Gasteiger partial charge < -0.3 is 20.6 Å². The minimum absolute atomic E-state index is 0.0141. The molecular weight excluding hydrogens is 429 g/mol. The van der Waals surface area contributed by atoms with Crippen LogP contribution in [0.3, 0.4) is 0 Å². The van der Waals surface area contributed by atoms with Gasteiger partial charge in [-0.3, -0.25) is 0 Å². The lowest BCUT2D eigenvalue weighted by molar-refractivity contribution is 0.269. The summed E-state index contributed by atoms with van der Waals surface area (Å²) in [6, 6.07) is 4.10. The molecule has 3 heterocycles. The van der Waals surface area contributed by atoms with Gasteiger partial charge in [-0.1, -0.05) is 0 Å². The number of nitrogens with zero attached hydrogens (tertiary/aromatic N) is 4. The molecule has 0 unspecified atom stereocenters. The fourth-order valence-corrected chi connectivity index (χ4v) is 4.14. The highest BCUT2D eigenvalue weighted by atomic mass is 32.1. The van der Waals surface area contributed by atoms with Gasteiger partial charge in [0.2, 0.25) is 0 Å². The Labute approximate surface area is 180 Å². The maximum Gasteiger partial charge on any atom is 0.180 e. The Bertz CT molecular complexity index is 1160. The average Bonchev–Trinajstić information content (AvgIpc) is 3.11. The topological polar surface area (TPSA) is 77.7 Å². The molecule has 2 aliphatic rings. The van der Waals surface area contributed by atoms with Crippen molar-refractivity contribution in [1.29, 1.82) is 0 Å². The first-order valence-corrected chi connectivity index (χ1v) is 10.3. The first-order chi connectivity index (χ1) is 14.9. The van der Waals surface area contributed by atoms with E-state index in [1.165, 1.54) is 4.52 Å². The Morgan fingerprint density at radius 3 is 2.81 bits per heavy atom. The Hall–Kier alpha value is -2.92. The van der Waals surface area contributed by atoms with Gasteiger partial charge in [-0.15, -0.1) is 0 Å². The number of hydrogen-bond acceptors (Lipinski definition) is 5. The fourth-order valence-electron chi connectivity index (χ4n) is 3.87. The molecule has 2 fully saturated rings. The smallest absolute Gasteiger partial charge is 0.180 e. The second-order valence-electron chi connectivity index (χ2n) is 7.79. The summed E-state index contributed by atoms with van der Waals surface area (Å²) in [4.78, 5) is 6.22.